The number of anilines is 1. The molecule has 2 rings (SSSR count). The number of nitrogens with one attached hydrogen (secondary N) is 2. The molecule has 0 spiro atoms. The highest BCUT2D eigenvalue weighted by Crippen LogP contribution is 2.17. The Morgan fingerprint density at radius 3 is 2.58 bits per heavy atom. The molecule has 0 bridgehead atoms. The summed E-state index contributed by atoms with van der Waals surface area (Å²) in [6.45, 7) is 4.24. The number of carbonyl (C=O) groups is 1. The average molecular weight is 277 g/mol. The molecule has 0 saturated carbocycles. The van der Waals surface area contributed by atoms with Crippen LogP contribution in [0.4, 0.5) is 5.69 Å². The SMILES string of the molecule is CC(C)c1ccc(NC(=O)Cc2n[nH]c(=O)s2)cc1. The second-order valence-electron chi connectivity index (χ2n) is 4.51. The predicted molar refractivity (Wildman–Crippen MR) is 75.6 cm³/mol. The molecule has 100 valence electrons. The van der Waals surface area contributed by atoms with Crippen molar-refractivity contribution in [2.24, 2.45) is 0 Å². The van der Waals surface area contributed by atoms with E-state index >= 15 is 0 Å². The van der Waals surface area contributed by atoms with E-state index in [4.69, 9.17) is 0 Å². The van der Waals surface area contributed by atoms with Crippen LogP contribution < -0.4 is 10.2 Å². The minimum Gasteiger partial charge on any atom is -0.326 e. The smallest absolute Gasteiger partial charge is 0.322 e. The molecule has 1 amide bonds. The van der Waals surface area contributed by atoms with E-state index in [1.807, 2.05) is 24.3 Å². The van der Waals surface area contributed by atoms with Crippen LogP contribution in [0.15, 0.2) is 29.1 Å². The Morgan fingerprint density at radius 1 is 1.37 bits per heavy atom. The lowest BCUT2D eigenvalue weighted by Gasteiger charge is -2.07. The molecule has 0 aliphatic carbocycles. The fraction of sp³-hybridized carbons (Fsp3) is 0.308. The van der Waals surface area contributed by atoms with Gasteiger partial charge in [-0.1, -0.05) is 37.3 Å². The molecule has 0 fully saturated rings. The summed E-state index contributed by atoms with van der Waals surface area (Å²) in [6, 6.07) is 7.74. The van der Waals surface area contributed by atoms with Crippen LogP contribution in [0.1, 0.15) is 30.3 Å². The number of rotatable bonds is 4. The zero-order chi connectivity index (χ0) is 13.8. The minimum atomic E-state index is -0.246. The third kappa shape index (κ3) is 3.75. The molecule has 0 unspecified atom stereocenters. The summed E-state index contributed by atoms with van der Waals surface area (Å²) in [5, 5.41) is 9.31. The molecule has 1 aromatic carbocycles. The molecule has 19 heavy (non-hydrogen) atoms. The van der Waals surface area contributed by atoms with Crippen LogP contribution in [0.3, 0.4) is 0 Å². The number of H-pyrrole nitrogens is 1. The number of aromatic amines is 1. The van der Waals surface area contributed by atoms with Gasteiger partial charge in [-0.05, 0) is 23.6 Å². The quantitative estimate of drug-likeness (QED) is 0.899. The first-order valence-corrected chi connectivity index (χ1v) is 6.80. The molecule has 6 heteroatoms. The monoisotopic (exact) mass is 277 g/mol. The van der Waals surface area contributed by atoms with E-state index in [2.05, 4.69) is 29.4 Å². The maximum absolute atomic E-state index is 11.7. The molecule has 0 atom stereocenters. The van der Waals surface area contributed by atoms with Gasteiger partial charge in [0.2, 0.25) is 5.91 Å². The van der Waals surface area contributed by atoms with Crippen molar-refractivity contribution in [3.63, 3.8) is 0 Å². The van der Waals surface area contributed by atoms with Crippen molar-refractivity contribution in [3.8, 4) is 0 Å². The Hall–Kier alpha value is -1.95. The average Bonchev–Trinajstić information content (AvgIpc) is 2.75. The lowest BCUT2D eigenvalue weighted by atomic mass is 10.0. The third-order valence-corrected chi connectivity index (χ3v) is 3.40. The van der Waals surface area contributed by atoms with E-state index in [9.17, 15) is 9.59 Å². The lowest BCUT2D eigenvalue weighted by molar-refractivity contribution is -0.115. The van der Waals surface area contributed by atoms with Gasteiger partial charge in [0.05, 0.1) is 6.42 Å². The summed E-state index contributed by atoms with van der Waals surface area (Å²) >= 11 is 0.950. The van der Waals surface area contributed by atoms with Gasteiger partial charge >= 0.3 is 4.87 Å². The van der Waals surface area contributed by atoms with Crippen molar-refractivity contribution in [1.29, 1.82) is 0 Å². The van der Waals surface area contributed by atoms with Crippen LogP contribution >= 0.6 is 11.3 Å². The van der Waals surface area contributed by atoms with Crippen molar-refractivity contribution in [2.45, 2.75) is 26.2 Å². The van der Waals surface area contributed by atoms with E-state index in [0.29, 0.717) is 10.9 Å². The highest BCUT2D eigenvalue weighted by molar-refractivity contribution is 7.08. The van der Waals surface area contributed by atoms with Gasteiger partial charge in [0.1, 0.15) is 5.01 Å². The van der Waals surface area contributed by atoms with Crippen molar-refractivity contribution in [3.05, 3.63) is 44.5 Å². The summed E-state index contributed by atoms with van der Waals surface area (Å²) in [7, 11) is 0. The van der Waals surface area contributed by atoms with Gasteiger partial charge in [-0.15, -0.1) is 0 Å². The van der Waals surface area contributed by atoms with Gasteiger partial charge in [-0.25, -0.2) is 5.10 Å². The molecule has 2 aromatic rings. The largest absolute Gasteiger partial charge is 0.326 e. The maximum atomic E-state index is 11.7. The van der Waals surface area contributed by atoms with Crippen LogP contribution in [-0.4, -0.2) is 16.1 Å². The van der Waals surface area contributed by atoms with Gasteiger partial charge in [-0.2, -0.15) is 5.10 Å². The zero-order valence-corrected chi connectivity index (χ0v) is 11.6. The van der Waals surface area contributed by atoms with Crippen LogP contribution in [0, 0.1) is 0 Å². The van der Waals surface area contributed by atoms with Crippen molar-refractivity contribution < 1.29 is 4.79 Å². The number of hydrogen-bond donors (Lipinski definition) is 2. The Bertz CT molecular complexity index is 613. The lowest BCUT2D eigenvalue weighted by Crippen LogP contribution is -2.14. The van der Waals surface area contributed by atoms with Crippen LogP contribution in [0.5, 0.6) is 0 Å². The fourth-order valence-corrected chi connectivity index (χ4v) is 2.23. The molecule has 1 aromatic heterocycles. The molecule has 5 nitrogen and oxygen atoms in total. The van der Waals surface area contributed by atoms with E-state index in [1.54, 1.807) is 0 Å². The normalized spacial score (nSPS) is 10.7. The van der Waals surface area contributed by atoms with E-state index < -0.39 is 0 Å². The fourth-order valence-electron chi connectivity index (χ4n) is 1.63. The molecule has 1 heterocycles. The van der Waals surface area contributed by atoms with E-state index in [0.717, 1.165) is 17.0 Å². The number of nitrogens with zero attached hydrogens (tertiary/aromatic N) is 1. The van der Waals surface area contributed by atoms with Gasteiger partial charge in [0.25, 0.3) is 0 Å². The third-order valence-electron chi connectivity index (χ3n) is 2.66. The Labute approximate surface area is 114 Å². The number of carbonyl (C=O) groups excluding carboxylic acids is 1. The predicted octanol–water partition coefficient (Wildman–Crippen LogP) is 2.14. The van der Waals surface area contributed by atoms with Crippen molar-refractivity contribution in [2.75, 3.05) is 5.32 Å². The topological polar surface area (TPSA) is 74.8 Å². The zero-order valence-electron chi connectivity index (χ0n) is 10.8. The van der Waals surface area contributed by atoms with Gasteiger partial charge in [0, 0.05) is 5.69 Å². The van der Waals surface area contributed by atoms with Crippen molar-refractivity contribution >= 4 is 22.9 Å². The summed E-state index contributed by atoms with van der Waals surface area (Å²) in [5.41, 5.74) is 1.97. The summed E-state index contributed by atoms with van der Waals surface area (Å²) in [5.74, 6) is 0.283. The molecule has 0 aliphatic heterocycles. The maximum Gasteiger partial charge on any atom is 0.322 e. The van der Waals surface area contributed by atoms with E-state index in [-0.39, 0.29) is 17.2 Å². The first-order valence-electron chi connectivity index (χ1n) is 5.99. The molecular weight excluding hydrogens is 262 g/mol. The standard InChI is InChI=1S/C13H15N3O2S/c1-8(2)9-3-5-10(6-4-9)14-11(17)7-12-15-16-13(18)19-12/h3-6,8H,7H2,1-2H3,(H,14,17)(H,16,18). The second-order valence-corrected chi connectivity index (χ2v) is 5.55. The first-order chi connectivity index (χ1) is 9.04. The second kappa shape index (κ2) is 5.79. The highest BCUT2D eigenvalue weighted by atomic mass is 32.1. The number of hydrogen-bond acceptors (Lipinski definition) is 4. The number of aromatic nitrogens is 2. The van der Waals surface area contributed by atoms with Gasteiger partial charge in [-0.3, -0.25) is 9.59 Å². The highest BCUT2D eigenvalue weighted by Gasteiger charge is 2.08. The summed E-state index contributed by atoms with van der Waals surface area (Å²) < 4.78 is 0. The van der Waals surface area contributed by atoms with Crippen molar-refractivity contribution in [1.82, 2.24) is 10.2 Å². The minimum absolute atomic E-state index is 0.106. The summed E-state index contributed by atoms with van der Waals surface area (Å²) in [4.78, 5) is 22.4. The van der Waals surface area contributed by atoms with Crippen LogP contribution in [0.25, 0.3) is 0 Å². The molecule has 0 radical (unpaired) electrons. The molecule has 2 N–H and O–H groups in total. The van der Waals surface area contributed by atoms with Gasteiger partial charge < -0.3 is 5.32 Å². The first kappa shape index (κ1) is 13.5. The number of benzene rings is 1. The Morgan fingerprint density at radius 2 is 2.05 bits per heavy atom. The van der Waals surface area contributed by atoms with E-state index in [1.165, 1.54) is 5.56 Å². The summed E-state index contributed by atoms with van der Waals surface area (Å²) in [6.07, 6.45) is 0.106. The Balaban J connectivity index is 1.97. The molecule has 0 saturated heterocycles. The molecule has 0 aliphatic rings. The van der Waals surface area contributed by atoms with Gasteiger partial charge in [0.15, 0.2) is 0 Å². The van der Waals surface area contributed by atoms with Crippen LogP contribution in [-0.2, 0) is 11.2 Å². The number of amides is 1. The van der Waals surface area contributed by atoms with Crippen LogP contribution in [0.2, 0.25) is 0 Å². The Kier molecular flexibility index (Phi) is 4.11. The molecular formula is C13H15N3O2S.